The van der Waals surface area contributed by atoms with E-state index >= 15 is 0 Å². The number of aromatic nitrogens is 5. The summed E-state index contributed by atoms with van der Waals surface area (Å²) in [6, 6.07) is 12.1. The fourth-order valence-electron chi connectivity index (χ4n) is 3.22. The van der Waals surface area contributed by atoms with Crippen LogP contribution in [-0.2, 0) is 11.3 Å². The van der Waals surface area contributed by atoms with Crippen molar-refractivity contribution in [1.82, 2.24) is 24.7 Å². The zero-order valence-electron chi connectivity index (χ0n) is 16.8. The van der Waals surface area contributed by atoms with E-state index in [0.717, 1.165) is 28.1 Å². The molecule has 8 heteroatoms. The van der Waals surface area contributed by atoms with Crippen LogP contribution in [0, 0.1) is 12.7 Å². The van der Waals surface area contributed by atoms with Gasteiger partial charge in [-0.05, 0) is 48.9 Å². The van der Waals surface area contributed by atoms with Crippen LogP contribution >= 0.6 is 0 Å². The third kappa shape index (κ3) is 3.77. The zero-order valence-corrected chi connectivity index (χ0v) is 16.8. The highest BCUT2D eigenvalue weighted by molar-refractivity contribution is 5.66. The quantitative estimate of drug-likeness (QED) is 0.483. The molecule has 0 saturated heterocycles. The topological polar surface area (TPSA) is 75.0 Å². The molecule has 0 fully saturated rings. The molecule has 0 amide bonds. The Morgan fingerprint density at radius 3 is 2.47 bits per heavy atom. The van der Waals surface area contributed by atoms with Crippen LogP contribution in [0.3, 0.4) is 0 Å². The van der Waals surface area contributed by atoms with Crippen LogP contribution in [-0.4, -0.2) is 39.0 Å². The molecule has 0 saturated carbocycles. The summed E-state index contributed by atoms with van der Waals surface area (Å²) >= 11 is 0. The Morgan fingerprint density at radius 2 is 1.83 bits per heavy atom. The van der Waals surface area contributed by atoms with Gasteiger partial charge in [-0.2, -0.15) is 0 Å². The first-order valence-electron chi connectivity index (χ1n) is 9.27. The lowest BCUT2D eigenvalue weighted by atomic mass is 10.0. The van der Waals surface area contributed by atoms with Crippen LogP contribution in [0.4, 0.5) is 4.39 Å². The zero-order chi connectivity index (χ0) is 21.1. The van der Waals surface area contributed by atoms with Gasteiger partial charge in [0.2, 0.25) is 5.88 Å². The first kappa shape index (κ1) is 19.7. The summed E-state index contributed by atoms with van der Waals surface area (Å²) in [6.45, 7) is 2.15. The van der Waals surface area contributed by atoms with Crippen molar-refractivity contribution in [3.05, 3.63) is 72.1 Å². The van der Waals surface area contributed by atoms with Crippen LogP contribution in [0.25, 0.3) is 28.3 Å². The van der Waals surface area contributed by atoms with Crippen LogP contribution in [0.1, 0.15) is 11.4 Å². The molecule has 1 aromatic carbocycles. The lowest BCUT2D eigenvalue weighted by Crippen LogP contribution is -2.05. The van der Waals surface area contributed by atoms with Gasteiger partial charge in [0.15, 0.2) is 11.6 Å². The van der Waals surface area contributed by atoms with Crippen LogP contribution in [0.2, 0.25) is 0 Å². The maximum atomic E-state index is 13.4. The van der Waals surface area contributed by atoms with Gasteiger partial charge >= 0.3 is 0 Å². The largest absolute Gasteiger partial charge is 0.481 e. The van der Waals surface area contributed by atoms with Gasteiger partial charge in [0.25, 0.3) is 0 Å². The predicted molar refractivity (Wildman–Crippen MR) is 110 cm³/mol. The van der Waals surface area contributed by atoms with E-state index < -0.39 is 0 Å². The van der Waals surface area contributed by atoms with Crippen molar-refractivity contribution in [2.45, 2.75) is 13.5 Å². The van der Waals surface area contributed by atoms with E-state index in [9.17, 15) is 4.39 Å². The van der Waals surface area contributed by atoms with Gasteiger partial charge in [-0.3, -0.25) is 9.55 Å². The first-order valence-corrected chi connectivity index (χ1v) is 9.27. The van der Waals surface area contributed by atoms with E-state index in [-0.39, 0.29) is 5.82 Å². The summed E-state index contributed by atoms with van der Waals surface area (Å²) < 4.78 is 25.7. The van der Waals surface area contributed by atoms with E-state index in [0.29, 0.717) is 24.1 Å². The average molecular weight is 405 g/mol. The van der Waals surface area contributed by atoms with Crippen molar-refractivity contribution in [1.29, 1.82) is 0 Å². The molecule has 0 radical (unpaired) electrons. The Bertz CT molecular complexity index is 1160. The fraction of sp³-hybridized carbons (Fsp3) is 0.182. The molecule has 0 atom stereocenters. The summed E-state index contributed by atoms with van der Waals surface area (Å²) in [5, 5.41) is 8.61. The van der Waals surface area contributed by atoms with Gasteiger partial charge in [-0.25, -0.2) is 9.37 Å². The van der Waals surface area contributed by atoms with Gasteiger partial charge in [0.1, 0.15) is 12.4 Å². The number of benzene rings is 1. The smallest absolute Gasteiger partial charge is 0.213 e. The molecule has 0 unspecified atom stereocenters. The lowest BCUT2D eigenvalue weighted by Gasteiger charge is -2.11. The van der Waals surface area contributed by atoms with Crippen LogP contribution in [0.15, 0.2) is 54.9 Å². The maximum Gasteiger partial charge on any atom is 0.213 e. The molecule has 3 aromatic heterocycles. The number of pyridine rings is 2. The Morgan fingerprint density at radius 1 is 0.967 bits per heavy atom. The minimum atomic E-state index is -0.264. The predicted octanol–water partition coefficient (Wildman–Crippen LogP) is 3.99. The molecule has 0 aliphatic carbocycles. The molecule has 0 N–H and O–H groups in total. The first-order chi connectivity index (χ1) is 14.6. The number of nitrogens with zero attached hydrogens (tertiary/aromatic N) is 5. The second kappa shape index (κ2) is 8.38. The Kier molecular flexibility index (Phi) is 5.49. The molecule has 152 valence electrons. The third-order valence-electron chi connectivity index (χ3n) is 4.68. The number of ether oxygens (including phenoxy) is 2. The average Bonchev–Trinajstić information content (AvgIpc) is 3.18. The van der Waals surface area contributed by atoms with Gasteiger partial charge in [-0.15, -0.1) is 10.2 Å². The van der Waals surface area contributed by atoms with E-state index in [2.05, 4.69) is 20.2 Å². The minimum absolute atomic E-state index is 0.264. The Balaban J connectivity index is 1.74. The fourth-order valence-corrected chi connectivity index (χ4v) is 3.22. The van der Waals surface area contributed by atoms with E-state index in [1.807, 2.05) is 29.7 Å². The summed E-state index contributed by atoms with van der Waals surface area (Å²) in [4.78, 5) is 8.84. The van der Waals surface area contributed by atoms with Gasteiger partial charge in [-0.1, -0.05) is 0 Å². The monoisotopic (exact) mass is 405 g/mol. The molecule has 0 spiro atoms. The number of halogens is 1. The number of methoxy groups -OCH3 is 2. The summed E-state index contributed by atoms with van der Waals surface area (Å²) in [5.74, 6) is 1.50. The molecular formula is C22H20FN5O2. The second-order valence-corrected chi connectivity index (χ2v) is 6.66. The van der Waals surface area contributed by atoms with Crippen LogP contribution < -0.4 is 4.74 Å². The molecule has 4 rings (SSSR count). The highest BCUT2D eigenvalue weighted by Crippen LogP contribution is 2.27. The van der Waals surface area contributed by atoms with Crippen molar-refractivity contribution >= 4 is 0 Å². The number of hydrogen-bond donors (Lipinski definition) is 0. The summed E-state index contributed by atoms with van der Waals surface area (Å²) in [7, 11) is 3.17. The Hall–Kier alpha value is -3.65. The molecule has 0 aliphatic heterocycles. The Labute approximate surface area is 173 Å². The van der Waals surface area contributed by atoms with Crippen molar-refractivity contribution in [2.75, 3.05) is 14.2 Å². The van der Waals surface area contributed by atoms with E-state index in [1.165, 1.54) is 12.1 Å². The molecule has 30 heavy (non-hydrogen) atoms. The standard InChI is InChI=1S/C22H20FN5O2/c1-14-10-16(23)5-7-18(14)19-8-4-15(11-24-19)22-27-26-20(13-29-2)28(22)17-6-9-21(30-3)25-12-17/h4-12H,13H2,1-3H3. The number of aryl methyl sites for hydroxylation is 1. The number of rotatable bonds is 6. The molecule has 7 nitrogen and oxygen atoms in total. The SMILES string of the molecule is COCc1nnc(-c2ccc(-c3ccc(F)cc3C)nc2)n1-c1ccc(OC)nc1. The molecule has 4 aromatic rings. The van der Waals surface area contributed by atoms with Crippen molar-refractivity contribution < 1.29 is 13.9 Å². The normalized spacial score (nSPS) is 10.9. The summed E-state index contributed by atoms with van der Waals surface area (Å²) in [5.41, 5.74) is 4.02. The van der Waals surface area contributed by atoms with Gasteiger partial charge in [0.05, 0.1) is 24.7 Å². The van der Waals surface area contributed by atoms with Gasteiger partial charge < -0.3 is 9.47 Å². The molecule has 0 bridgehead atoms. The molecule has 0 aliphatic rings. The van der Waals surface area contributed by atoms with Crippen molar-refractivity contribution in [3.63, 3.8) is 0 Å². The van der Waals surface area contributed by atoms with Crippen molar-refractivity contribution in [3.8, 4) is 34.2 Å². The van der Waals surface area contributed by atoms with E-state index in [4.69, 9.17) is 9.47 Å². The van der Waals surface area contributed by atoms with E-state index in [1.54, 1.807) is 38.7 Å². The van der Waals surface area contributed by atoms with Crippen molar-refractivity contribution in [2.24, 2.45) is 0 Å². The lowest BCUT2D eigenvalue weighted by molar-refractivity contribution is 0.176. The molecule has 3 heterocycles. The second-order valence-electron chi connectivity index (χ2n) is 6.66. The maximum absolute atomic E-state index is 13.4. The number of hydrogen-bond acceptors (Lipinski definition) is 6. The van der Waals surface area contributed by atoms with Crippen LogP contribution in [0.5, 0.6) is 5.88 Å². The highest BCUT2D eigenvalue weighted by atomic mass is 19.1. The molecular weight excluding hydrogens is 385 g/mol. The summed E-state index contributed by atoms with van der Waals surface area (Å²) in [6.07, 6.45) is 3.42. The highest BCUT2D eigenvalue weighted by Gasteiger charge is 2.17. The van der Waals surface area contributed by atoms with Gasteiger partial charge in [0, 0.05) is 30.5 Å². The minimum Gasteiger partial charge on any atom is -0.481 e. The third-order valence-corrected chi connectivity index (χ3v) is 4.68.